The van der Waals surface area contributed by atoms with E-state index in [4.69, 9.17) is 23.2 Å². The molecule has 0 aliphatic carbocycles. The van der Waals surface area contributed by atoms with Gasteiger partial charge in [0.25, 0.3) is 0 Å². The first kappa shape index (κ1) is 16.3. The molecule has 0 atom stereocenters. The predicted molar refractivity (Wildman–Crippen MR) is 64.7 cm³/mol. The minimum Gasteiger partial charge on any atom is -0.301 e. The average Bonchev–Trinajstić information content (AvgIpc) is 2.06. The molecular weight excluding hydrogens is 228 g/mol. The molecule has 0 amide bonds. The first-order valence-corrected chi connectivity index (χ1v) is 5.76. The van der Waals surface area contributed by atoms with Crippen LogP contribution in [0.5, 0.6) is 0 Å². The van der Waals surface area contributed by atoms with Gasteiger partial charge in [0, 0.05) is 24.8 Å². The molecule has 0 N–H and O–H groups in total. The van der Waals surface area contributed by atoms with Crippen molar-refractivity contribution in [3.8, 4) is 0 Å². The second-order valence-electron chi connectivity index (χ2n) is 2.93. The normalized spacial score (nSPS) is 10.2. The summed E-state index contributed by atoms with van der Waals surface area (Å²) in [6.07, 6.45) is 3.85. The molecule has 0 unspecified atom stereocenters. The monoisotopic (exact) mass is 247 g/mol. The van der Waals surface area contributed by atoms with E-state index in [1.54, 1.807) is 0 Å². The third-order valence-corrected chi connectivity index (χ3v) is 2.22. The highest BCUT2D eigenvalue weighted by molar-refractivity contribution is 6.18. The molecule has 0 saturated carbocycles. The van der Waals surface area contributed by atoms with E-state index in [9.17, 15) is 0 Å². The quantitative estimate of drug-likeness (QED) is 0.470. The molecule has 1 nitrogen and oxygen atoms in total. The van der Waals surface area contributed by atoms with Crippen LogP contribution in [0.15, 0.2) is 0 Å². The zero-order valence-electron chi connectivity index (χ0n) is 8.27. The van der Waals surface area contributed by atoms with E-state index in [0.29, 0.717) is 11.8 Å². The molecule has 4 heteroatoms. The Balaban J connectivity index is 0. The first-order valence-electron chi connectivity index (χ1n) is 4.69. The second-order valence-corrected chi connectivity index (χ2v) is 3.68. The lowest BCUT2D eigenvalue weighted by atomic mass is 10.2. The molecule has 0 fully saturated rings. The summed E-state index contributed by atoms with van der Waals surface area (Å²) in [7, 11) is 0. The zero-order valence-corrected chi connectivity index (χ0v) is 10.6. The third-order valence-electron chi connectivity index (χ3n) is 1.88. The first-order chi connectivity index (χ1) is 5.85. The Bertz CT molecular complexity index is 84.9. The van der Waals surface area contributed by atoms with Gasteiger partial charge in [0.05, 0.1) is 0 Å². The highest BCUT2D eigenvalue weighted by atomic mass is 35.5. The number of unbranched alkanes of at least 4 members (excludes halogenated alkanes) is 2. The lowest BCUT2D eigenvalue weighted by Gasteiger charge is -2.19. The molecule has 0 aliphatic rings. The summed E-state index contributed by atoms with van der Waals surface area (Å²) >= 11 is 11.3. The van der Waals surface area contributed by atoms with Crippen LogP contribution in [0, 0.1) is 0 Å². The van der Waals surface area contributed by atoms with E-state index in [1.807, 2.05) is 0 Å². The fourth-order valence-corrected chi connectivity index (χ4v) is 1.64. The van der Waals surface area contributed by atoms with Crippen molar-refractivity contribution in [1.82, 2.24) is 4.90 Å². The van der Waals surface area contributed by atoms with Gasteiger partial charge in [-0.15, -0.1) is 35.6 Å². The Morgan fingerprint density at radius 1 is 0.923 bits per heavy atom. The molecule has 0 radical (unpaired) electrons. The van der Waals surface area contributed by atoms with E-state index in [1.165, 1.54) is 19.3 Å². The molecule has 0 aromatic rings. The largest absolute Gasteiger partial charge is 0.301 e. The van der Waals surface area contributed by atoms with Crippen LogP contribution in [0.1, 0.15) is 26.2 Å². The molecule has 0 aliphatic heterocycles. The molecular formula is C9H20Cl3N. The van der Waals surface area contributed by atoms with E-state index < -0.39 is 0 Å². The summed E-state index contributed by atoms with van der Waals surface area (Å²) in [6.45, 7) is 5.30. The van der Waals surface area contributed by atoms with E-state index in [0.717, 1.165) is 19.6 Å². The summed E-state index contributed by atoms with van der Waals surface area (Å²) in [6, 6.07) is 0. The van der Waals surface area contributed by atoms with Gasteiger partial charge in [-0.25, -0.2) is 0 Å². The minimum absolute atomic E-state index is 0. The Morgan fingerprint density at radius 3 is 1.85 bits per heavy atom. The minimum atomic E-state index is 0. The number of hydrogen-bond acceptors (Lipinski definition) is 1. The van der Waals surface area contributed by atoms with Crippen LogP contribution >= 0.6 is 35.6 Å². The number of hydrogen-bond donors (Lipinski definition) is 0. The average molecular weight is 249 g/mol. The van der Waals surface area contributed by atoms with E-state index >= 15 is 0 Å². The summed E-state index contributed by atoms with van der Waals surface area (Å²) in [5, 5.41) is 0. The van der Waals surface area contributed by atoms with E-state index in [-0.39, 0.29) is 12.4 Å². The van der Waals surface area contributed by atoms with Crippen molar-refractivity contribution in [1.29, 1.82) is 0 Å². The number of halogens is 3. The van der Waals surface area contributed by atoms with Gasteiger partial charge in [0.2, 0.25) is 0 Å². The Labute approximate surface area is 98.2 Å². The summed E-state index contributed by atoms with van der Waals surface area (Å²) < 4.78 is 0. The van der Waals surface area contributed by atoms with Gasteiger partial charge in [-0.3, -0.25) is 0 Å². The van der Waals surface area contributed by atoms with Crippen molar-refractivity contribution in [2.45, 2.75) is 26.2 Å². The third kappa shape index (κ3) is 10.8. The molecule has 0 saturated heterocycles. The van der Waals surface area contributed by atoms with Gasteiger partial charge in [0.1, 0.15) is 0 Å². The standard InChI is InChI=1S/C9H19Cl2N.ClH/c1-2-3-4-7-12(8-5-10)9-6-11;/h2-9H2,1H3;1H. The van der Waals surface area contributed by atoms with Crippen LogP contribution in [-0.4, -0.2) is 36.3 Å². The zero-order chi connectivity index (χ0) is 9.23. The Hall–Kier alpha value is 0.830. The van der Waals surface area contributed by atoms with Gasteiger partial charge >= 0.3 is 0 Å². The Morgan fingerprint density at radius 2 is 1.46 bits per heavy atom. The van der Waals surface area contributed by atoms with Crippen molar-refractivity contribution < 1.29 is 0 Å². The summed E-state index contributed by atoms with van der Waals surface area (Å²) in [5.74, 6) is 1.42. The van der Waals surface area contributed by atoms with Crippen LogP contribution in [0.3, 0.4) is 0 Å². The highest BCUT2D eigenvalue weighted by Gasteiger charge is 2.01. The fourth-order valence-electron chi connectivity index (χ4n) is 1.16. The maximum Gasteiger partial charge on any atom is 0.0351 e. The van der Waals surface area contributed by atoms with E-state index in [2.05, 4.69) is 11.8 Å². The lowest BCUT2D eigenvalue weighted by molar-refractivity contribution is 0.300. The summed E-state index contributed by atoms with van der Waals surface area (Å²) in [5.41, 5.74) is 0. The molecule has 0 aromatic carbocycles. The van der Waals surface area contributed by atoms with Crippen molar-refractivity contribution in [2.75, 3.05) is 31.4 Å². The van der Waals surface area contributed by atoms with Crippen LogP contribution in [-0.2, 0) is 0 Å². The highest BCUT2D eigenvalue weighted by Crippen LogP contribution is 1.99. The van der Waals surface area contributed by atoms with Gasteiger partial charge in [-0.1, -0.05) is 19.8 Å². The number of nitrogens with zero attached hydrogens (tertiary/aromatic N) is 1. The molecule has 0 rings (SSSR count). The van der Waals surface area contributed by atoms with Crippen molar-refractivity contribution >= 4 is 35.6 Å². The fraction of sp³-hybridized carbons (Fsp3) is 1.00. The maximum absolute atomic E-state index is 5.66. The molecule has 0 aromatic heterocycles. The van der Waals surface area contributed by atoms with Crippen LogP contribution in [0.25, 0.3) is 0 Å². The second kappa shape index (κ2) is 12.8. The van der Waals surface area contributed by atoms with Crippen molar-refractivity contribution in [3.05, 3.63) is 0 Å². The van der Waals surface area contributed by atoms with Crippen LogP contribution < -0.4 is 0 Å². The van der Waals surface area contributed by atoms with Gasteiger partial charge in [-0.2, -0.15) is 0 Å². The van der Waals surface area contributed by atoms with Crippen LogP contribution in [0.2, 0.25) is 0 Å². The van der Waals surface area contributed by atoms with Crippen LogP contribution in [0.4, 0.5) is 0 Å². The smallest absolute Gasteiger partial charge is 0.0351 e. The molecule has 0 heterocycles. The number of rotatable bonds is 8. The SMILES string of the molecule is CCCCCN(CCCl)CCCl.Cl. The lowest BCUT2D eigenvalue weighted by Crippen LogP contribution is -2.28. The topological polar surface area (TPSA) is 3.24 Å². The number of alkyl halides is 2. The maximum atomic E-state index is 5.66. The predicted octanol–water partition coefficient (Wildman–Crippen LogP) is 3.38. The van der Waals surface area contributed by atoms with Crippen molar-refractivity contribution in [3.63, 3.8) is 0 Å². The Kier molecular flexibility index (Phi) is 16.1. The molecule has 82 valence electrons. The van der Waals surface area contributed by atoms with Gasteiger partial charge in [0.15, 0.2) is 0 Å². The summed E-state index contributed by atoms with van der Waals surface area (Å²) in [4.78, 5) is 2.33. The van der Waals surface area contributed by atoms with Crippen molar-refractivity contribution in [2.24, 2.45) is 0 Å². The van der Waals surface area contributed by atoms with Gasteiger partial charge < -0.3 is 4.90 Å². The molecule has 13 heavy (non-hydrogen) atoms. The molecule has 0 spiro atoms. The molecule has 0 bridgehead atoms. The van der Waals surface area contributed by atoms with Gasteiger partial charge in [-0.05, 0) is 13.0 Å².